The lowest BCUT2D eigenvalue weighted by molar-refractivity contribution is -0.384. The van der Waals surface area contributed by atoms with Gasteiger partial charge in [0.15, 0.2) is 5.69 Å². The molecule has 2 aromatic carbocycles. The van der Waals surface area contributed by atoms with E-state index in [0.717, 1.165) is 6.20 Å². The number of fused-ring (bicyclic) bond motifs is 1. The van der Waals surface area contributed by atoms with Gasteiger partial charge in [-0.1, -0.05) is 0 Å². The SMILES string of the molecule is Nc1c(C(=O)N=Nc2c(O)[nH]c3ccc([N+](=O)[O-])cc23)cnn1-c1ccc(S(N)(=O)=O)cc1. The average Bonchev–Trinajstić information content (AvgIpc) is 3.30. The molecule has 4 aromatic rings. The molecule has 2 heterocycles. The number of rotatable bonds is 5. The van der Waals surface area contributed by atoms with Gasteiger partial charge in [-0.05, 0) is 30.3 Å². The Kier molecular flexibility index (Phi) is 5.11. The zero-order chi connectivity index (χ0) is 23.9. The van der Waals surface area contributed by atoms with Gasteiger partial charge in [0, 0.05) is 17.5 Å². The van der Waals surface area contributed by atoms with Gasteiger partial charge in [0.2, 0.25) is 15.9 Å². The zero-order valence-corrected chi connectivity index (χ0v) is 17.2. The van der Waals surface area contributed by atoms with Crippen LogP contribution >= 0.6 is 0 Å². The predicted molar refractivity (Wildman–Crippen MR) is 115 cm³/mol. The summed E-state index contributed by atoms with van der Waals surface area (Å²) >= 11 is 0. The highest BCUT2D eigenvalue weighted by Crippen LogP contribution is 2.37. The van der Waals surface area contributed by atoms with Crippen molar-refractivity contribution in [1.29, 1.82) is 0 Å². The van der Waals surface area contributed by atoms with Gasteiger partial charge >= 0.3 is 5.91 Å². The Bertz CT molecular complexity index is 1550. The first kappa shape index (κ1) is 21.6. The lowest BCUT2D eigenvalue weighted by Crippen LogP contribution is -2.12. The van der Waals surface area contributed by atoms with E-state index in [9.17, 15) is 28.4 Å². The van der Waals surface area contributed by atoms with Crippen molar-refractivity contribution in [2.45, 2.75) is 4.90 Å². The number of benzene rings is 2. The molecule has 6 N–H and O–H groups in total. The fourth-order valence-corrected chi connectivity index (χ4v) is 3.54. The molecule has 0 fully saturated rings. The Hall–Kier alpha value is -4.63. The van der Waals surface area contributed by atoms with Crippen LogP contribution in [0.15, 0.2) is 63.8 Å². The number of nitrogens with zero attached hydrogens (tertiary/aromatic N) is 5. The number of nitrogens with one attached hydrogen (secondary N) is 1. The molecule has 0 saturated heterocycles. The number of hydrogen-bond acceptors (Lipinski definition) is 9. The predicted octanol–water partition coefficient (Wildman–Crippen LogP) is 2.12. The van der Waals surface area contributed by atoms with Crippen LogP contribution < -0.4 is 10.9 Å². The highest BCUT2D eigenvalue weighted by Gasteiger charge is 2.19. The van der Waals surface area contributed by atoms with Gasteiger partial charge in [-0.25, -0.2) is 18.2 Å². The minimum Gasteiger partial charge on any atom is -0.493 e. The number of primary sulfonamides is 1. The lowest BCUT2D eigenvalue weighted by Gasteiger charge is -2.05. The first-order valence-electron chi connectivity index (χ1n) is 8.98. The van der Waals surface area contributed by atoms with Crippen LogP contribution in [0.2, 0.25) is 0 Å². The summed E-state index contributed by atoms with van der Waals surface area (Å²) < 4.78 is 23.9. The number of non-ortho nitro benzene ring substituents is 1. The van der Waals surface area contributed by atoms with Gasteiger partial charge in [0.1, 0.15) is 11.4 Å². The summed E-state index contributed by atoms with van der Waals surface area (Å²) in [5.41, 5.74) is 6.20. The van der Waals surface area contributed by atoms with E-state index >= 15 is 0 Å². The maximum absolute atomic E-state index is 12.5. The molecule has 2 aromatic heterocycles. The molecule has 0 aliphatic heterocycles. The van der Waals surface area contributed by atoms with Crippen molar-refractivity contribution in [2.75, 3.05) is 5.73 Å². The highest BCUT2D eigenvalue weighted by molar-refractivity contribution is 7.89. The summed E-state index contributed by atoms with van der Waals surface area (Å²) in [4.78, 5) is 25.4. The lowest BCUT2D eigenvalue weighted by atomic mass is 10.2. The number of azo groups is 1. The minimum absolute atomic E-state index is 0.0962. The van der Waals surface area contributed by atoms with Crippen LogP contribution in [0, 0.1) is 10.1 Å². The van der Waals surface area contributed by atoms with Crippen molar-refractivity contribution in [3.05, 3.63) is 64.3 Å². The number of amides is 1. The van der Waals surface area contributed by atoms with Gasteiger partial charge in [-0.2, -0.15) is 5.10 Å². The Morgan fingerprint density at radius 3 is 2.55 bits per heavy atom. The molecule has 14 nitrogen and oxygen atoms in total. The third-order valence-corrected chi connectivity index (χ3v) is 5.56. The van der Waals surface area contributed by atoms with Crippen molar-refractivity contribution in [1.82, 2.24) is 14.8 Å². The second kappa shape index (κ2) is 7.81. The van der Waals surface area contributed by atoms with E-state index in [-0.39, 0.29) is 33.0 Å². The molecule has 0 atom stereocenters. The largest absolute Gasteiger partial charge is 0.493 e. The summed E-state index contributed by atoms with van der Waals surface area (Å²) in [5.74, 6) is -1.42. The smallest absolute Gasteiger partial charge is 0.300 e. The Labute approximate surface area is 184 Å². The molecule has 1 amide bonds. The van der Waals surface area contributed by atoms with Crippen molar-refractivity contribution in [2.24, 2.45) is 15.4 Å². The molecule has 4 rings (SSSR count). The molecule has 0 aliphatic carbocycles. The van der Waals surface area contributed by atoms with Crippen molar-refractivity contribution < 1.29 is 23.2 Å². The Morgan fingerprint density at radius 1 is 1.21 bits per heavy atom. The fraction of sp³-hybridized carbons (Fsp3) is 0. The van der Waals surface area contributed by atoms with E-state index in [1.54, 1.807) is 0 Å². The van der Waals surface area contributed by atoms with Gasteiger partial charge in [0.25, 0.3) is 5.69 Å². The summed E-state index contributed by atoms with van der Waals surface area (Å²) in [7, 11) is -3.88. The number of nitrogens with two attached hydrogens (primary N) is 2. The number of H-pyrrole nitrogens is 1. The standard InChI is InChI=1S/C18H14N8O6S/c19-16-13(8-21-25(16)9-1-4-11(5-2-9)33(20,31)32)17(27)24-23-15-12-7-10(26(29)30)3-6-14(12)22-18(15)28/h1-8,22,28H,19H2,(H2,20,31,32). The van der Waals surface area contributed by atoms with Crippen LogP contribution in [-0.2, 0) is 10.0 Å². The van der Waals surface area contributed by atoms with Crippen LogP contribution in [0.4, 0.5) is 17.2 Å². The minimum atomic E-state index is -3.88. The van der Waals surface area contributed by atoms with E-state index in [0.29, 0.717) is 11.2 Å². The molecule has 15 heteroatoms. The van der Waals surface area contributed by atoms with Gasteiger partial charge in [-0.3, -0.25) is 14.9 Å². The molecule has 0 radical (unpaired) electrons. The summed E-state index contributed by atoms with van der Waals surface area (Å²) in [6.45, 7) is 0. The maximum atomic E-state index is 12.5. The Balaban J connectivity index is 1.64. The number of anilines is 1. The normalized spacial score (nSPS) is 11.9. The Morgan fingerprint density at radius 2 is 1.91 bits per heavy atom. The molecular weight excluding hydrogens is 456 g/mol. The average molecular weight is 470 g/mol. The monoisotopic (exact) mass is 470 g/mol. The number of nitrogen functional groups attached to an aromatic ring is 1. The van der Waals surface area contributed by atoms with E-state index in [4.69, 9.17) is 10.9 Å². The van der Waals surface area contributed by atoms with E-state index in [1.807, 2.05) is 0 Å². The van der Waals surface area contributed by atoms with Gasteiger partial charge < -0.3 is 15.8 Å². The van der Waals surface area contributed by atoms with Crippen LogP contribution in [0.3, 0.4) is 0 Å². The third kappa shape index (κ3) is 4.00. The topological polar surface area (TPSA) is 225 Å². The van der Waals surface area contributed by atoms with E-state index in [1.165, 1.54) is 47.1 Å². The second-order valence-electron chi connectivity index (χ2n) is 6.71. The molecular formula is C18H14N8O6S. The van der Waals surface area contributed by atoms with Crippen LogP contribution in [0.25, 0.3) is 16.6 Å². The van der Waals surface area contributed by atoms with Crippen molar-refractivity contribution in [3.63, 3.8) is 0 Å². The quantitative estimate of drug-likeness (QED) is 0.191. The summed E-state index contributed by atoms with van der Waals surface area (Å²) in [6.07, 6.45) is 1.14. The maximum Gasteiger partial charge on any atom is 0.300 e. The van der Waals surface area contributed by atoms with Crippen molar-refractivity contribution in [3.8, 4) is 11.6 Å². The zero-order valence-electron chi connectivity index (χ0n) is 16.4. The highest BCUT2D eigenvalue weighted by atomic mass is 32.2. The number of aromatic nitrogens is 3. The molecule has 0 saturated carbocycles. The molecule has 33 heavy (non-hydrogen) atoms. The fourth-order valence-electron chi connectivity index (χ4n) is 3.02. The second-order valence-corrected chi connectivity index (χ2v) is 8.27. The number of hydrogen-bond donors (Lipinski definition) is 4. The van der Waals surface area contributed by atoms with Crippen LogP contribution in [-0.4, -0.2) is 39.1 Å². The number of sulfonamides is 1. The van der Waals surface area contributed by atoms with Crippen LogP contribution in [0.1, 0.15) is 10.4 Å². The number of aromatic hydroxyl groups is 1. The summed E-state index contributed by atoms with van der Waals surface area (Å²) in [5, 5.41) is 37.6. The van der Waals surface area contributed by atoms with Gasteiger partial charge in [-0.15, -0.1) is 10.2 Å². The molecule has 0 bridgehead atoms. The molecule has 0 spiro atoms. The molecule has 0 unspecified atom stereocenters. The number of aromatic amines is 1. The van der Waals surface area contributed by atoms with Gasteiger partial charge in [0.05, 0.1) is 27.2 Å². The van der Waals surface area contributed by atoms with E-state index < -0.39 is 26.7 Å². The third-order valence-electron chi connectivity index (χ3n) is 4.63. The number of carbonyl (C=O) groups is 1. The first-order valence-corrected chi connectivity index (χ1v) is 10.5. The van der Waals surface area contributed by atoms with Crippen molar-refractivity contribution >= 4 is 44.0 Å². The van der Waals surface area contributed by atoms with E-state index in [2.05, 4.69) is 20.3 Å². The number of nitro groups is 1. The number of nitro benzene ring substituents is 1. The molecule has 168 valence electrons. The molecule has 0 aliphatic rings. The summed E-state index contributed by atoms with van der Waals surface area (Å²) in [6, 6.07) is 9.12. The number of carbonyl (C=O) groups excluding carboxylic acids is 1. The first-order chi connectivity index (χ1) is 15.6. The van der Waals surface area contributed by atoms with Crippen LogP contribution in [0.5, 0.6) is 5.88 Å².